The van der Waals surface area contributed by atoms with Gasteiger partial charge in [0.2, 0.25) is 0 Å². The predicted molar refractivity (Wildman–Crippen MR) is 99.5 cm³/mol. The number of esters is 1. The first-order chi connectivity index (χ1) is 14.2. The monoisotopic (exact) mass is 441 g/mol. The molecule has 0 spiro atoms. The summed E-state index contributed by atoms with van der Waals surface area (Å²) in [4.78, 5) is 29.1. The molecule has 7 atom stereocenters. The first kappa shape index (κ1) is 21.2. The van der Waals surface area contributed by atoms with Gasteiger partial charge < -0.3 is 34.3 Å². The number of aliphatic hydroxyl groups is 4. The van der Waals surface area contributed by atoms with E-state index in [0.717, 1.165) is 0 Å². The largest absolute Gasteiger partial charge is 0.463 e. The number of aryl methyl sites for hydroxylation is 1. The van der Waals surface area contributed by atoms with Gasteiger partial charge in [-0.2, -0.15) is 0 Å². The van der Waals surface area contributed by atoms with Crippen LogP contribution in [0.25, 0.3) is 11.1 Å². The van der Waals surface area contributed by atoms with Gasteiger partial charge in [0.05, 0.1) is 10.9 Å². The first-order valence-corrected chi connectivity index (χ1v) is 9.70. The smallest absolute Gasteiger partial charge is 0.309 e. The molecule has 4 rings (SSSR count). The van der Waals surface area contributed by atoms with Crippen LogP contribution in [0.1, 0.15) is 22.7 Å². The number of aliphatic hydroxyl groups excluding tert-OH is 4. The van der Waals surface area contributed by atoms with Crippen LogP contribution in [-0.4, -0.2) is 74.5 Å². The second-order valence-corrected chi connectivity index (χ2v) is 7.92. The van der Waals surface area contributed by atoms with Gasteiger partial charge in [-0.25, -0.2) is 4.98 Å². The maximum Gasteiger partial charge on any atom is 0.309 e. The molecule has 10 nitrogen and oxygen atoms in total. The Labute approximate surface area is 175 Å². The average molecular weight is 442 g/mol. The molecule has 1 aromatic carbocycles. The molecule has 1 saturated heterocycles. The zero-order valence-corrected chi connectivity index (χ0v) is 16.5. The van der Waals surface area contributed by atoms with E-state index in [-0.39, 0.29) is 10.8 Å². The van der Waals surface area contributed by atoms with Gasteiger partial charge in [-0.05, 0) is 18.6 Å². The van der Waals surface area contributed by atoms with E-state index in [1.54, 1.807) is 6.92 Å². The number of carbonyl (C=O) groups excluding carboxylic acids is 2. The van der Waals surface area contributed by atoms with Crippen molar-refractivity contribution in [2.75, 3.05) is 6.61 Å². The first-order valence-electron chi connectivity index (χ1n) is 9.32. The van der Waals surface area contributed by atoms with Gasteiger partial charge in [0.25, 0.3) is 0 Å². The Bertz CT molecular complexity index is 992. The Morgan fingerprint density at radius 2 is 1.90 bits per heavy atom. The molecule has 0 radical (unpaired) electrons. The Kier molecular flexibility index (Phi) is 5.56. The van der Waals surface area contributed by atoms with Crippen molar-refractivity contribution in [2.45, 2.75) is 44.1 Å². The fourth-order valence-electron chi connectivity index (χ4n) is 3.54. The van der Waals surface area contributed by atoms with Crippen LogP contribution in [0.3, 0.4) is 0 Å². The molecule has 162 valence electrons. The summed E-state index contributed by atoms with van der Waals surface area (Å²) in [6.07, 6.45) is -7.51. The van der Waals surface area contributed by atoms with E-state index in [2.05, 4.69) is 4.98 Å². The number of benzene rings is 1. The van der Waals surface area contributed by atoms with Crippen LogP contribution in [0.2, 0.25) is 5.02 Å². The zero-order chi connectivity index (χ0) is 21.7. The molecule has 2 heterocycles. The van der Waals surface area contributed by atoms with Crippen LogP contribution < -0.4 is 0 Å². The maximum absolute atomic E-state index is 12.7. The number of ether oxygens (including phenoxy) is 2. The molecule has 1 aromatic heterocycles. The van der Waals surface area contributed by atoms with Gasteiger partial charge >= 0.3 is 5.97 Å². The lowest BCUT2D eigenvalue weighted by Gasteiger charge is -2.37. The summed E-state index contributed by atoms with van der Waals surface area (Å²) >= 11 is 6.16. The van der Waals surface area contributed by atoms with Crippen LogP contribution >= 0.6 is 11.6 Å². The van der Waals surface area contributed by atoms with Crippen molar-refractivity contribution in [2.24, 2.45) is 11.8 Å². The Hall–Kier alpha value is -2.08. The van der Waals surface area contributed by atoms with Gasteiger partial charge in [-0.1, -0.05) is 11.6 Å². The molecule has 2 fully saturated rings. The van der Waals surface area contributed by atoms with E-state index < -0.39 is 55.1 Å². The average Bonchev–Trinajstić information content (AvgIpc) is 3.42. The van der Waals surface area contributed by atoms with Crippen molar-refractivity contribution in [3.63, 3.8) is 0 Å². The van der Waals surface area contributed by atoms with E-state index in [1.807, 2.05) is 0 Å². The van der Waals surface area contributed by atoms with Crippen molar-refractivity contribution < 1.29 is 43.9 Å². The number of hydrogen-bond donors (Lipinski definition) is 4. The quantitative estimate of drug-likeness (QED) is 0.366. The summed E-state index contributed by atoms with van der Waals surface area (Å²) in [5.41, 5.74) is 1.14. The highest BCUT2D eigenvalue weighted by Crippen LogP contribution is 2.43. The van der Waals surface area contributed by atoms with Crippen molar-refractivity contribution in [3.05, 3.63) is 28.6 Å². The fraction of sp³-hybridized carbons (Fsp3) is 0.526. The minimum Gasteiger partial charge on any atom is -0.463 e. The summed E-state index contributed by atoms with van der Waals surface area (Å²) < 4.78 is 15.5. The number of oxazole rings is 1. The molecule has 30 heavy (non-hydrogen) atoms. The van der Waals surface area contributed by atoms with Crippen LogP contribution in [0.15, 0.2) is 16.5 Å². The van der Waals surface area contributed by atoms with E-state index in [0.29, 0.717) is 29.0 Å². The van der Waals surface area contributed by atoms with Gasteiger partial charge in [0, 0.05) is 18.4 Å². The number of fused-ring (bicyclic) bond motifs is 1. The number of nitrogens with zero attached hydrogens (tertiary/aromatic N) is 1. The van der Waals surface area contributed by atoms with Gasteiger partial charge in [0.1, 0.15) is 36.5 Å². The third kappa shape index (κ3) is 3.82. The van der Waals surface area contributed by atoms with E-state index >= 15 is 0 Å². The number of aromatic nitrogens is 1. The van der Waals surface area contributed by atoms with Crippen LogP contribution in [0.4, 0.5) is 0 Å². The lowest BCUT2D eigenvalue weighted by molar-refractivity contribution is -0.287. The molecule has 0 amide bonds. The Morgan fingerprint density at radius 3 is 2.63 bits per heavy atom. The Morgan fingerprint density at radius 1 is 1.17 bits per heavy atom. The number of rotatable bonds is 5. The molecule has 2 aliphatic rings. The normalized spacial score (nSPS) is 33.5. The van der Waals surface area contributed by atoms with E-state index in [1.165, 1.54) is 12.1 Å². The lowest BCUT2D eigenvalue weighted by atomic mass is 9.99. The zero-order valence-electron chi connectivity index (χ0n) is 15.8. The van der Waals surface area contributed by atoms with Crippen LogP contribution in [-0.2, 0) is 14.3 Å². The molecular weight excluding hydrogens is 422 g/mol. The lowest BCUT2D eigenvalue weighted by Crippen LogP contribution is -2.58. The summed E-state index contributed by atoms with van der Waals surface area (Å²) in [6.45, 7) is 1.21. The number of carbonyl (C=O) groups is 2. The van der Waals surface area contributed by atoms with Crippen molar-refractivity contribution in [1.29, 1.82) is 0 Å². The fourth-order valence-corrected chi connectivity index (χ4v) is 3.79. The van der Waals surface area contributed by atoms with Crippen LogP contribution in [0, 0.1) is 18.8 Å². The third-order valence-electron chi connectivity index (χ3n) is 5.35. The molecule has 2 aromatic rings. The minimum absolute atomic E-state index is 0.273. The standard InChI is InChI=1S/C19H20ClNO9/c1-6-21-13-10(20)2-7(3-11(13)29-6)14(22)8-4-9(8)18(26)28-5-12-15(23)16(24)17(25)19(27)30-12/h2-3,8-9,12,15-17,19,23-25,27H,4-5H2,1H3/t8-,9-,12+,15+,16-,17+,19?/m0/s1. The van der Waals surface area contributed by atoms with Gasteiger partial charge in [0.15, 0.2) is 23.5 Å². The molecule has 1 aliphatic heterocycles. The van der Waals surface area contributed by atoms with Crippen molar-refractivity contribution in [3.8, 4) is 0 Å². The van der Waals surface area contributed by atoms with Crippen molar-refractivity contribution >= 4 is 34.5 Å². The summed E-state index contributed by atoms with van der Waals surface area (Å²) in [5, 5.41) is 38.8. The highest BCUT2D eigenvalue weighted by Gasteiger charge is 2.50. The number of Topliss-reactive ketones (excluding diaryl/α,β-unsaturated/α-hetero) is 1. The number of ketones is 1. The second kappa shape index (κ2) is 7.88. The van der Waals surface area contributed by atoms with E-state index in [4.69, 9.17) is 25.5 Å². The molecule has 1 unspecified atom stereocenters. The highest BCUT2D eigenvalue weighted by molar-refractivity contribution is 6.35. The Balaban J connectivity index is 1.36. The molecule has 11 heteroatoms. The van der Waals surface area contributed by atoms with Gasteiger partial charge in [-0.15, -0.1) is 0 Å². The molecular formula is C19H20ClNO9. The molecule has 4 N–H and O–H groups in total. The second-order valence-electron chi connectivity index (χ2n) is 7.52. The van der Waals surface area contributed by atoms with Crippen LogP contribution in [0.5, 0.6) is 0 Å². The SMILES string of the molecule is Cc1nc2c(Cl)cc(C(=O)[C@H]3C[C@@H]3C(=O)OC[C@H]3OC(O)[C@H](O)[C@@H](O)[C@@H]3O)cc2o1. The van der Waals surface area contributed by atoms with E-state index in [9.17, 15) is 30.0 Å². The number of hydrogen-bond acceptors (Lipinski definition) is 10. The number of halogens is 1. The van der Waals surface area contributed by atoms with Gasteiger partial charge in [-0.3, -0.25) is 9.59 Å². The third-order valence-corrected chi connectivity index (χ3v) is 5.63. The minimum atomic E-state index is -1.72. The van der Waals surface area contributed by atoms with Crippen molar-refractivity contribution in [1.82, 2.24) is 4.98 Å². The topological polar surface area (TPSA) is 160 Å². The summed E-state index contributed by atoms with van der Waals surface area (Å²) in [5.74, 6) is -1.77. The molecule has 1 saturated carbocycles. The predicted octanol–water partition coefficient (Wildman–Crippen LogP) is -0.0485. The summed E-state index contributed by atoms with van der Waals surface area (Å²) in [7, 11) is 0. The molecule has 1 aliphatic carbocycles. The highest BCUT2D eigenvalue weighted by atomic mass is 35.5. The maximum atomic E-state index is 12.7. The molecule has 0 bridgehead atoms. The summed E-state index contributed by atoms with van der Waals surface area (Å²) in [6, 6.07) is 3.01.